The van der Waals surface area contributed by atoms with E-state index >= 15 is 0 Å². The van der Waals surface area contributed by atoms with E-state index in [1.165, 1.54) is 6.07 Å². The Morgan fingerprint density at radius 3 is 2.24 bits per heavy atom. The molecule has 0 saturated heterocycles. The van der Waals surface area contributed by atoms with Gasteiger partial charge in [0.2, 0.25) is 0 Å². The number of benzene rings is 1. The summed E-state index contributed by atoms with van der Waals surface area (Å²) < 4.78 is 5.08. The first-order valence-electron chi connectivity index (χ1n) is 5.00. The summed E-state index contributed by atoms with van der Waals surface area (Å²) in [4.78, 5) is 22.3. The Balaban J connectivity index is 2.98. The molecular weight excluding hydrogens is 224 g/mol. The summed E-state index contributed by atoms with van der Waals surface area (Å²) in [6.45, 7) is 5.16. The minimum atomic E-state index is -1.25. The van der Waals surface area contributed by atoms with Crippen molar-refractivity contribution in [1.82, 2.24) is 0 Å². The molecule has 0 bridgehead atoms. The van der Waals surface area contributed by atoms with Crippen LogP contribution in [0.2, 0.25) is 0 Å². The number of carbonyl (C=O) groups excluding carboxylic acids is 1. The average molecular weight is 238 g/mol. The van der Waals surface area contributed by atoms with E-state index in [1.807, 2.05) is 0 Å². The van der Waals surface area contributed by atoms with Crippen molar-refractivity contribution >= 4 is 11.9 Å². The first-order valence-corrected chi connectivity index (χ1v) is 5.00. The fraction of sp³-hybridized carbons (Fsp3) is 0.333. The lowest BCUT2D eigenvalue weighted by molar-refractivity contribution is 0.00686. The number of rotatable bonds is 2. The molecule has 17 heavy (non-hydrogen) atoms. The van der Waals surface area contributed by atoms with E-state index in [1.54, 1.807) is 20.8 Å². The van der Waals surface area contributed by atoms with Gasteiger partial charge in [-0.2, -0.15) is 0 Å². The molecule has 0 aliphatic heterocycles. The van der Waals surface area contributed by atoms with E-state index in [0.717, 1.165) is 12.1 Å². The molecule has 0 amide bonds. The minimum absolute atomic E-state index is 0.113. The summed E-state index contributed by atoms with van der Waals surface area (Å²) in [6, 6.07) is 3.55. The fourth-order valence-electron chi connectivity index (χ4n) is 1.18. The second-order valence-electron chi connectivity index (χ2n) is 4.54. The fourth-order valence-corrected chi connectivity index (χ4v) is 1.18. The third kappa shape index (κ3) is 3.48. The van der Waals surface area contributed by atoms with Gasteiger partial charge in [-0.15, -0.1) is 0 Å². The van der Waals surface area contributed by atoms with Crippen LogP contribution in [-0.4, -0.2) is 27.8 Å². The number of carbonyl (C=O) groups is 2. The molecule has 5 heteroatoms. The van der Waals surface area contributed by atoms with E-state index in [2.05, 4.69) is 0 Å². The van der Waals surface area contributed by atoms with E-state index in [0.29, 0.717) is 0 Å². The van der Waals surface area contributed by atoms with Crippen LogP contribution in [0, 0.1) is 0 Å². The Labute approximate surface area is 98.6 Å². The summed E-state index contributed by atoms with van der Waals surface area (Å²) >= 11 is 0. The normalized spacial score (nSPS) is 11.0. The standard InChI is InChI=1S/C12H14O5/c1-12(2,3)17-11(16)7-4-5-8(10(14)15)9(13)6-7/h4-6,13H,1-3H3,(H,14,15). The van der Waals surface area contributed by atoms with Crippen molar-refractivity contribution in [2.45, 2.75) is 26.4 Å². The molecule has 92 valence electrons. The number of hydrogen-bond acceptors (Lipinski definition) is 4. The number of ether oxygens (including phenoxy) is 1. The molecule has 1 aromatic rings. The van der Waals surface area contributed by atoms with Crippen LogP contribution in [0.4, 0.5) is 0 Å². The van der Waals surface area contributed by atoms with Gasteiger partial charge in [0.05, 0.1) is 5.56 Å². The van der Waals surface area contributed by atoms with Gasteiger partial charge in [0.15, 0.2) is 0 Å². The Morgan fingerprint density at radius 1 is 1.24 bits per heavy atom. The summed E-state index contributed by atoms with van der Waals surface area (Å²) in [5.74, 6) is -2.32. The predicted molar refractivity (Wildman–Crippen MR) is 60.2 cm³/mol. The van der Waals surface area contributed by atoms with Crippen molar-refractivity contribution in [2.75, 3.05) is 0 Å². The average Bonchev–Trinajstić information content (AvgIpc) is 2.14. The number of phenols is 1. The second-order valence-corrected chi connectivity index (χ2v) is 4.54. The van der Waals surface area contributed by atoms with Crippen molar-refractivity contribution in [3.63, 3.8) is 0 Å². The van der Waals surface area contributed by atoms with Gasteiger partial charge in [-0.1, -0.05) is 0 Å². The molecule has 2 N–H and O–H groups in total. The van der Waals surface area contributed by atoms with Crippen LogP contribution in [0.5, 0.6) is 5.75 Å². The molecule has 0 fully saturated rings. The molecule has 0 radical (unpaired) electrons. The summed E-state index contributed by atoms with van der Waals surface area (Å²) in [6.07, 6.45) is 0. The van der Waals surface area contributed by atoms with Gasteiger partial charge >= 0.3 is 11.9 Å². The quantitative estimate of drug-likeness (QED) is 0.770. The monoisotopic (exact) mass is 238 g/mol. The molecule has 0 spiro atoms. The Kier molecular flexibility index (Phi) is 3.41. The van der Waals surface area contributed by atoms with Gasteiger partial charge < -0.3 is 14.9 Å². The highest BCUT2D eigenvalue weighted by molar-refractivity contribution is 5.95. The summed E-state index contributed by atoms with van der Waals surface area (Å²) in [5.41, 5.74) is -0.780. The Hall–Kier alpha value is -2.04. The highest BCUT2D eigenvalue weighted by atomic mass is 16.6. The zero-order valence-corrected chi connectivity index (χ0v) is 9.85. The van der Waals surface area contributed by atoms with E-state index < -0.39 is 23.3 Å². The van der Waals surface area contributed by atoms with Crippen molar-refractivity contribution in [1.29, 1.82) is 0 Å². The van der Waals surface area contributed by atoms with Crippen molar-refractivity contribution in [3.8, 4) is 5.75 Å². The van der Waals surface area contributed by atoms with Crippen LogP contribution in [-0.2, 0) is 4.74 Å². The van der Waals surface area contributed by atoms with Crippen LogP contribution in [0.3, 0.4) is 0 Å². The predicted octanol–water partition coefficient (Wildman–Crippen LogP) is 2.05. The van der Waals surface area contributed by atoms with Gasteiger partial charge in [0.1, 0.15) is 16.9 Å². The molecule has 1 rings (SSSR count). The Morgan fingerprint density at radius 2 is 1.82 bits per heavy atom. The number of esters is 1. The molecule has 0 heterocycles. The lowest BCUT2D eigenvalue weighted by atomic mass is 10.1. The smallest absolute Gasteiger partial charge is 0.339 e. The second kappa shape index (κ2) is 4.45. The summed E-state index contributed by atoms with van der Waals surface area (Å²) in [5, 5.41) is 18.1. The first-order chi connectivity index (χ1) is 7.70. The number of hydrogen-bond donors (Lipinski definition) is 2. The van der Waals surface area contributed by atoms with Gasteiger partial charge in [-0.3, -0.25) is 0 Å². The lowest BCUT2D eigenvalue weighted by Crippen LogP contribution is -2.23. The van der Waals surface area contributed by atoms with Crippen molar-refractivity contribution < 1.29 is 24.5 Å². The molecule has 0 unspecified atom stereocenters. The zero-order valence-electron chi connectivity index (χ0n) is 9.85. The topological polar surface area (TPSA) is 83.8 Å². The van der Waals surface area contributed by atoms with Gasteiger partial charge in [-0.25, -0.2) is 9.59 Å². The van der Waals surface area contributed by atoms with Gasteiger partial charge in [-0.05, 0) is 39.0 Å². The van der Waals surface area contributed by atoms with Crippen LogP contribution in [0.15, 0.2) is 18.2 Å². The van der Waals surface area contributed by atoms with Crippen LogP contribution < -0.4 is 0 Å². The summed E-state index contributed by atoms with van der Waals surface area (Å²) in [7, 11) is 0. The molecule has 0 saturated carbocycles. The molecular formula is C12H14O5. The lowest BCUT2D eigenvalue weighted by Gasteiger charge is -2.19. The maximum atomic E-state index is 11.6. The highest BCUT2D eigenvalue weighted by Crippen LogP contribution is 2.20. The molecule has 0 atom stereocenters. The van der Waals surface area contributed by atoms with Crippen LogP contribution in [0.25, 0.3) is 0 Å². The zero-order chi connectivity index (χ0) is 13.2. The number of carboxylic acid groups (broad SMARTS) is 1. The molecule has 1 aromatic carbocycles. The van der Waals surface area contributed by atoms with Crippen molar-refractivity contribution in [2.24, 2.45) is 0 Å². The maximum absolute atomic E-state index is 11.6. The number of carboxylic acids is 1. The van der Waals surface area contributed by atoms with Crippen molar-refractivity contribution in [3.05, 3.63) is 29.3 Å². The van der Waals surface area contributed by atoms with E-state index in [4.69, 9.17) is 9.84 Å². The Bertz CT molecular complexity index is 456. The van der Waals surface area contributed by atoms with E-state index in [9.17, 15) is 14.7 Å². The first kappa shape index (κ1) is 13.0. The van der Waals surface area contributed by atoms with Crippen LogP contribution in [0.1, 0.15) is 41.5 Å². The van der Waals surface area contributed by atoms with Crippen LogP contribution >= 0.6 is 0 Å². The largest absolute Gasteiger partial charge is 0.507 e. The molecule has 0 aliphatic carbocycles. The third-order valence-corrected chi connectivity index (χ3v) is 1.86. The van der Waals surface area contributed by atoms with E-state index in [-0.39, 0.29) is 11.1 Å². The highest BCUT2D eigenvalue weighted by Gasteiger charge is 2.19. The number of aromatic hydroxyl groups is 1. The SMILES string of the molecule is CC(C)(C)OC(=O)c1ccc(C(=O)O)c(O)c1. The minimum Gasteiger partial charge on any atom is -0.507 e. The molecule has 5 nitrogen and oxygen atoms in total. The van der Waals surface area contributed by atoms with Gasteiger partial charge in [0.25, 0.3) is 0 Å². The molecule has 0 aromatic heterocycles. The molecule has 0 aliphatic rings. The number of aromatic carboxylic acids is 1. The third-order valence-electron chi connectivity index (χ3n) is 1.86. The van der Waals surface area contributed by atoms with Gasteiger partial charge in [0, 0.05) is 0 Å². The maximum Gasteiger partial charge on any atom is 0.339 e.